The molecule has 10 nitrogen and oxygen atoms in total. The summed E-state index contributed by atoms with van der Waals surface area (Å²) in [5.41, 5.74) is 0.350. The van der Waals surface area contributed by atoms with Crippen LogP contribution in [0.5, 0.6) is 11.6 Å². The van der Waals surface area contributed by atoms with E-state index in [4.69, 9.17) is 14.5 Å². The van der Waals surface area contributed by atoms with Gasteiger partial charge in [0.25, 0.3) is 5.91 Å². The van der Waals surface area contributed by atoms with Crippen molar-refractivity contribution in [2.24, 2.45) is 5.92 Å². The fourth-order valence-electron chi connectivity index (χ4n) is 5.34. The van der Waals surface area contributed by atoms with Crippen molar-refractivity contribution in [3.8, 4) is 22.9 Å². The first kappa shape index (κ1) is 27.2. The highest BCUT2D eigenvalue weighted by molar-refractivity contribution is 7.91. The second-order valence-electron chi connectivity index (χ2n) is 10.9. The van der Waals surface area contributed by atoms with E-state index in [2.05, 4.69) is 21.9 Å². The van der Waals surface area contributed by atoms with Crippen molar-refractivity contribution in [2.75, 3.05) is 13.7 Å². The number of carbonyl (C=O) groups is 2. The number of nitrogens with one attached hydrogen (secondary N) is 3. The molecule has 3 fully saturated rings. The lowest BCUT2D eigenvalue weighted by Gasteiger charge is -2.21. The molecule has 1 aliphatic heterocycles. The maximum atomic E-state index is 13.3. The average Bonchev–Trinajstić information content (AvgIpc) is 3.90. The largest absolute Gasteiger partial charge is 0.497 e. The van der Waals surface area contributed by atoms with E-state index in [1.54, 1.807) is 13.2 Å². The minimum atomic E-state index is -3.74. The molecule has 1 saturated heterocycles. The quantitative estimate of drug-likeness (QED) is 0.314. The molecule has 11 heteroatoms. The normalized spacial score (nSPS) is 25.3. The molecule has 4 atom stereocenters. The Bertz CT molecular complexity index is 1620. The van der Waals surface area contributed by atoms with Crippen LogP contribution in [0.1, 0.15) is 25.7 Å². The summed E-state index contributed by atoms with van der Waals surface area (Å²) in [4.78, 5) is 31.1. The minimum Gasteiger partial charge on any atom is -0.497 e. The molecule has 1 aromatic heterocycles. The standard InChI is InChI=1S/C30H32N4O6S/c1-3-20-16-30(20,29(36)34-41(37,38)23-12-13-23)33-27(35)26-15-22(17-31-26)40-28-24-7-5-4-6-19(24)14-25(32-28)18-8-10-21(39-2)11-9-18/h3-11,14,20,22-23,26,31H,1,12-13,15-17H2,2H3,(H,33,35)(H,34,36). The summed E-state index contributed by atoms with van der Waals surface area (Å²) < 4.78 is 38.5. The molecule has 3 aromatic rings. The van der Waals surface area contributed by atoms with Crippen molar-refractivity contribution in [3.63, 3.8) is 0 Å². The van der Waals surface area contributed by atoms with Gasteiger partial charge in [-0.2, -0.15) is 0 Å². The number of amides is 2. The average molecular weight is 577 g/mol. The van der Waals surface area contributed by atoms with Crippen molar-refractivity contribution < 1.29 is 27.5 Å². The molecule has 4 unspecified atom stereocenters. The molecular formula is C30H32N4O6S. The first-order chi connectivity index (χ1) is 19.7. The second-order valence-corrected chi connectivity index (χ2v) is 12.8. The summed E-state index contributed by atoms with van der Waals surface area (Å²) in [6, 6.07) is 16.8. The van der Waals surface area contributed by atoms with E-state index in [0.717, 1.165) is 27.8 Å². The third-order valence-electron chi connectivity index (χ3n) is 8.03. The molecule has 0 spiro atoms. The molecule has 0 radical (unpaired) electrons. The first-order valence-electron chi connectivity index (χ1n) is 13.7. The van der Waals surface area contributed by atoms with E-state index in [9.17, 15) is 18.0 Å². The van der Waals surface area contributed by atoms with Crippen LogP contribution in [-0.2, 0) is 19.6 Å². The number of aromatic nitrogens is 1. The summed E-state index contributed by atoms with van der Waals surface area (Å²) >= 11 is 0. The zero-order valence-corrected chi connectivity index (χ0v) is 23.4. The van der Waals surface area contributed by atoms with Crippen LogP contribution in [0, 0.1) is 5.92 Å². The van der Waals surface area contributed by atoms with Crippen LogP contribution in [-0.4, -0.2) is 61.8 Å². The molecule has 2 saturated carbocycles. The van der Waals surface area contributed by atoms with Crippen molar-refractivity contribution in [2.45, 2.75) is 48.6 Å². The molecule has 6 rings (SSSR count). The SMILES string of the molecule is C=CC1CC1(NC(=O)C1CC(Oc2nc(-c3ccc(OC)cc3)cc3ccccc23)CN1)C(=O)NS(=O)(=O)C1CC1. The first-order valence-corrected chi connectivity index (χ1v) is 15.2. The fraction of sp³-hybridized carbons (Fsp3) is 0.367. The van der Waals surface area contributed by atoms with E-state index >= 15 is 0 Å². The molecule has 214 valence electrons. The van der Waals surface area contributed by atoms with Gasteiger partial charge in [0.15, 0.2) is 0 Å². The Morgan fingerprint density at radius 1 is 1.15 bits per heavy atom. The Balaban J connectivity index is 1.16. The molecule has 2 heterocycles. The van der Waals surface area contributed by atoms with Crippen molar-refractivity contribution >= 4 is 32.6 Å². The van der Waals surface area contributed by atoms with Gasteiger partial charge < -0.3 is 20.1 Å². The number of hydrogen-bond acceptors (Lipinski definition) is 8. The number of methoxy groups -OCH3 is 1. The van der Waals surface area contributed by atoms with Gasteiger partial charge >= 0.3 is 0 Å². The van der Waals surface area contributed by atoms with Gasteiger partial charge in [-0.05, 0) is 61.0 Å². The summed E-state index contributed by atoms with van der Waals surface area (Å²) in [5.74, 6) is -0.215. The number of rotatable bonds is 10. The highest BCUT2D eigenvalue weighted by Gasteiger charge is 2.61. The Morgan fingerprint density at radius 2 is 1.90 bits per heavy atom. The summed E-state index contributed by atoms with van der Waals surface area (Å²) in [5, 5.41) is 7.29. The van der Waals surface area contributed by atoms with Crippen LogP contribution >= 0.6 is 0 Å². The van der Waals surface area contributed by atoms with Gasteiger partial charge in [-0.3, -0.25) is 14.3 Å². The predicted molar refractivity (Wildman–Crippen MR) is 154 cm³/mol. The number of pyridine rings is 1. The van der Waals surface area contributed by atoms with Gasteiger partial charge in [0.05, 0.1) is 24.1 Å². The van der Waals surface area contributed by atoms with Crippen LogP contribution in [0.15, 0.2) is 67.3 Å². The summed E-state index contributed by atoms with van der Waals surface area (Å²) in [6.07, 6.45) is 2.95. The number of benzene rings is 2. The van der Waals surface area contributed by atoms with Crippen LogP contribution < -0.4 is 24.8 Å². The van der Waals surface area contributed by atoms with E-state index in [1.807, 2.05) is 54.6 Å². The van der Waals surface area contributed by atoms with E-state index in [-0.39, 0.29) is 17.9 Å². The van der Waals surface area contributed by atoms with E-state index < -0.39 is 32.8 Å². The fourth-order valence-corrected chi connectivity index (χ4v) is 6.70. The number of carbonyl (C=O) groups excluding carboxylic acids is 2. The highest BCUT2D eigenvalue weighted by Crippen LogP contribution is 2.45. The number of ether oxygens (including phenoxy) is 2. The lowest BCUT2D eigenvalue weighted by molar-refractivity contribution is -0.130. The number of sulfonamides is 1. The van der Waals surface area contributed by atoms with Crippen molar-refractivity contribution in [3.05, 3.63) is 67.3 Å². The van der Waals surface area contributed by atoms with Crippen LogP contribution in [0.4, 0.5) is 0 Å². The van der Waals surface area contributed by atoms with Gasteiger partial charge in [0, 0.05) is 29.8 Å². The molecule has 0 bridgehead atoms. The molecule has 3 N–H and O–H groups in total. The zero-order chi connectivity index (χ0) is 28.8. The van der Waals surface area contributed by atoms with Crippen molar-refractivity contribution in [1.29, 1.82) is 0 Å². The maximum Gasteiger partial charge on any atom is 0.259 e. The third kappa shape index (κ3) is 5.39. The topological polar surface area (TPSA) is 136 Å². The summed E-state index contributed by atoms with van der Waals surface area (Å²) in [7, 11) is -2.12. The Morgan fingerprint density at radius 3 is 2.59 bits per heavy atom. The predicted octanol–water partition coefficient (Wildman–Crippen LogP) is 2.69. The van der Waals surface area contributed by atoms with Gasteiger partial charge in [0.2, 0.25) is 21.8 Å². The van der Waals surface area contributed by atoms with Crippen LogP contribution in [0.2, 0.25) is 0 Å². The molecule has 41 heavy (non-hydrogen) atoms. The number of hydrogen-bond donors (Lipinski definition) is 3. The molecule has 2 amide bonds. The third-order valence-corrected chi connectivity index (χ3v) is 9.84. The number of nitrogens with zero attached hydrogens (tertiary/aromatic N) is 1. The monoisotopic (exact) mass is 576 g/mol. The minimum absolute atomic E-state index is 0.301. The lowest BCUT2D eigenvalue weighted by atomic mass is 10.1. The van der Waals surface area contributed by atoms with Crippen LogP contribution in [0.25, 0.3) is 22.0 Å². The van der Waals surface area contributed by atoms with Gasteiger partial charge in [-0.25, -0.2) is 13.4 Å². The Kier molecular flexibility index (Phi) is 6.95. The van der Waals surface area contributed by atoms with E-state index in [0.29, 0.717) is 38.1 Å². The molecule has 2 aliphatic carbocycles. The zero-order valence-electron chi connectivity index (χ0n) is 22.6. The maximum absolute atomic E-state index is 13.3. The second kappa shape index (κ2) is 10.5. The van der Waals surface area contributed by atoms with Gasteiger partial charge in [-0.15, -0.1) is 6.58 Å². The molecular weight excluding hydrogens is 544 g/mol. The number of fused-ring (bicyclic) bond motifs is 1. The smallest absolute Gasteiger partial charge is 0.259 e. The molecule has 2 aromatic carbocycles. The summed E-state index contributed by atoms with van der Waals surface area (Å²) in [6.45, 7) is 4.14. The Hall–Kier alpha value is -3.96. The highest BCUT2D eigenvalue weighted by atomic mass is 32.2. The lowest BCUT2D eigenvalue weighted by Crippen LogP contribution is -2.55. The Labute approximate surface area is 238 Å². The van der Waals surface area contributed by atoms with Crippen molar-refractivity contribution in [1.82, 2.24) is 20.3 Å². The van der Waals surface area contributed by atoms with Gasteiger partial charge in [0.1, 0.15) is 17.4 Å². The molecule has 3 aliphatic rings. The van der Waals surface area contributed by atoms with Gasteiger partial charge in [-0.1, -0.05) is 24.3 Å². The van der Waals surface area contributed by atoms with E-state index in [1.165, 1.54) is 0 Å². The van der Waals surface area contributed by atoms with Crippen LogP contribution in [0.3, 0.4) is 0 Å².